The number of aliphatic hydroxyl groups is 1. The second-order valence-electron chi connectivity index (χ2n) is 8.79. The lowest BCUT2D eigenvalue weighted by Gasteiger charge is -2.32. The van der Waals surface area contributed by atoms with Gasteiger partial charge in [0.05, 0.1) is 19.3 Å². The molecule has 0 aliphatic carbocycles. The Morgan fingerprint density at radius 2 is 2.06 bits per heavy atom. The van der Waals surface area contributed by atoms with E-state index in [2.05, 4.69) is 16.0 Å². The van der Waals surface area contributed by atoms with Crippen LogP contribution >= 0.6 is 0 Å². The molecule has 1 fully saturated rings. The summed E-state index contributed by atoms with van der Waals surface area (Å²) in [6, 6.07) is 3.31. The highest BCUT2D eigenvalue weighted by molar-refractivity contribution is 5.90. The van der Waals surface area contributed by atoms with Crippen LogP contribution in [0.2, 0.25) is 0 Å². The molecular formula is C23H31N3O6. The number of nitrogens with zero attached hydrogens (tertiary/aromatic N) is 1. The molecule has 9 nitrogen and oxygen atoms in total. The van der Waals surface area contributed by atoms with Gasteiger partial charge in [-0.1, -0.05) is 32.8 Å². The van der Waals surface area contributed by atoms with E-state index in [-0.39, 0.29) is 32.0 Å². The Morgan fingerprint density at radius 1 is 1.38 bits per heavy atom. The van der Waals surface area contributed by atoms with E-state index in [1.54, 1.807) is 18.2 Å². The second-order valence-corrected chi connectivity index (χ2v) is 8.79. The molecule has 2 rings (SSSR count). The Hall–Kier alpha value is -3.09. The molecule has 2 amide bonds. The van der Waals surface area contributed by atoms with Crippen molar-refractivity contribution in [2.75, 3.05) is 20.3 Å². The van der Waals surface area contributed by atoms with Gasteiger partial charge in [-0.05, 0) is 17.5 Å². The van der Waals surface area contributed by atoms with Crippen molar-refractivity contribution in [3.63, 3.8) is 0 Å². The molecule has 1 aromatic carbocycles. The van der Waals surface area contributed by atoms with Crippen LogP contribution in [0.15, 0.2) is 18.2 Å². The summed E-state index contributed by atoms with van der Waals surface area (Å²) in [6.45, 7) is 5.32. The van der Waals surface area contributed by atoms with E-state index >= 15 is 0 Å². The highest BCUT2D eigenvalue weighted by Crippen LogP contribution is 2.25. The zero-order chi connectivity index (χ0) is 24.1. The van der Waals surface area contributed by atoms with Crippen molar-refractivity contribution in [1.29, 1.82) is 0 Å². The summed E-state index contributed by atoms with van der Waals surface area (Å²) in [4.78, 5) is 38.5. The molecule has 174 valence electrons. The number of benzene rings is 1. The van der Waals surface area contributed by atoms with E-state index in [1.807, 2.05) is 20.8 Å². The van der Waals surface area contributed by atoms with Crippen LogP contribution < -0.4 is 15.8 Å². The number of nitrogens with one attached hydrogen (secondary N) is 1. The minimum atomic E-state index is -0.838. The average molecular weight is 446 g/mol. The molecule has 0 spiro atoms. The summed E-state index contributed by atoms with van der Waals surface area (Å²) < 4.78 is 10.1. The summed E-state index contributed by atoms with van der Waals surface area (Å²) in [6.07, 6.45) is 4.74. The first-order chi connectivity index (χ1) is 15.0. The van der Waals surface area contributed by atoms with Gasteiger partial charge in [-0.2, -0.15) is 0 Å². The molecule has 4 N–H and O–H groups in total. The molecule has 0 aromatic heterocycles. The first-order valence-electron chi connectivity index (χ1n) is 10.3. The average Bonchev–Trinajstić information content (AvgIpc) is 3.15. The van der Waals surface area contributed by atoms with Gasteiger partial charge >= 0.3 is 5.97 Å². The number of ether oxygens (including phenoxy) is 2. The first kappa shape index (κ1) is 25.2. The Kier molecular flexibility index (Phi) is 8.25. The van der Waals surface area contributed by atoms with Crippen molar-refractivity contribution >= 4 is 17.8 Å². The van der Waals surface area contributed by atoms with E-state index in [0.29, 0.717) is 16.9 Å². The lowest BCUT2D eigenvalue weighted by molar-refractivity contribution is -0.143. The second kappa shape index (κ2) is 10.5. The van der Waals surface area contributed by atoms with Crippen LogP contribution in [-0.4, -0.2) is 66.2 Å². The molecular weight excluding hydrogens is 414 g/mol. The molecule has 0 bridgehead atoms. The van der Waals surface area contributed by atoms with E-state index in [9.17, 15) is 19.5 Å². The summed E-state index contributed by atoms with van der Waals surface area (Å²) in [5.41, 5.74) is 6.73. The van der Waals surface area contributed by atoms with Crippen molar-refractivity contribution < 1.29 is 29.0 Å². The number of hydrogen-bond donors (Lipinski definition) is 3. The molecule has 1 heterocycles. The summed E-state index contributed by atoms with van der Waals surface area (Å²) >= 11 is 0. The lowest BCUT2D eigenvalue weighted by atomic mass is 9.86. The number of nitrogens with two attached hydrogens (primary N) is 1. The third-order valence-electron chi connectivity index (χ3n) is 5.32. The third kappa shape index (κ3) is 6.22. The first-order valence-corrected chi connectivity index (χ1v) is 10.3. The van der Waals surface area contributed by atoms with Gasteiger partial charge in [0.1, 0.15) is 11.8 Å². The Bertz CT molecular complexity index is 902. The third-order valence-corrected chi connectivity index (χ3v) is 5.32. The molecule has 1 aliphatic rings. The van der Waals surface area contributed by atoms with Crippen molar-refractivity contribution in [2.45, 2.75) is 51.9 Å². The number of amides is 2. The largest absolute Gasteiger partial charge is 0.482 e. The highest BCUT2D eigenvalue weighted by Gasteiger charge is 2.42. The number of rotatable bonds is 7. The fourth-order valence-corrected chi connectivity index (χ4v) is 3.28. The molecule has 1 aromatic rings. The summed E-state index contributed by atoms with van der Waals surface area (Å²) in [5, 5.41) is 12.9. The zero-order valence-corrected chi connectivity index (χ0v) is 18.9. The fraction of sp³-hybridized carbons (Fsp3) is 0.522. The van der Waals surface area contributed by atoms with Gasteiger partial charge < -0.3 is 30.5 Å². The van der Waals surface area contributed by atoms with Crippen LogP contribution in [-0.2, 0) is 25.7 Å². The Balaban J connectivity index is 2.12. The molecule has 0 radical (unpaired) electrons. The number of hydrogen-bond acceptors (Lipinski definition) is 7. The van der Waals surface area contributed by atoms with Gasteiger partial charge in [0, 0.05) is 30.6 Å². The van der Waals surface area contributed by atoms with Crippen LogP contribution in [0.5, 0.6) is 5.75 Å². The number of likely N-dealkylation sites (tertiary alicyclic amines) is 1. The molecule has 3 atom stereocenters. The quantitative estimate of drug-likeness (QED) is 0.403. The number of methoxy groups -OCH3 is 1. The van der Waals surface area contributed by atoms with Gasteiger partial charge in [-0.15, -0.1) is 6.42 Å². The SMILES string of the molecule is C#Cc1ccc(CNC(=O)[C@@H]2C[C@@H](O)CN2C(=O)[C@@H](N)C(C)(C)C)c(OCC(=O)OC)c1. The zero-order valence-electron chi connectivity index (χ0n) is 18.9. The minimum absolute atomic E-state index is 0.0467. The summed E-state index contributed by atoms with van der Waals surface area (Å²) in [7, 11) is 1.25. The molecule has 1 aliphatic heterocycles. The van der Waals surface area contributed by atoms with Crippen molar-refractivity contribution in [2.24, 2.45) is 11.1 Å². The Labute approximate surface area is 188 Å². The molecule has 9 heteroatoms. The number of terminal acetylenes is 1. The number of β-amino-alcohol motifs (C(OH)–C–C–N with tert-alkyl or cyclic N) is 1. The standard InChI is InChI=1S/C23H31N3O6/c1-6-14-7-8-15(18(9-14)32-13-19(28)31-5)11-25-21(29)17-10-16(27)12-26(17)22(30)20(24)23(2,3)4/h1,7-9,16-17,20,27H,10-13,24H2,2-5H3,(H,25,29)/t16-,17+,20-/m1/s1. The lowest BCUT2D eigenvalue weighted by Crippen LogP contribution is -2.54. The number of aliphatic hydroxyl groups excluding tert-OH is 1. The van der Waals surface area contributed by atoms with Gasteiger partial charge in [-0.3, -0.25) is 9.59 Å². The van der Waals surface area contributed by atoms with Crippen LogP contribution in [0, 0.1) is 17.8 Å². The van der Waals surface area contributed by atoms with Gasteiger partial charge in [0.15, 0.2) is 6.61 Å². The van der Waals surface area contributed by atoms with Crippen LogP contribution in [0.3, 0.4) is 0 Å². The van der Waals surface area contributed by atoms with E-state index in [1.165, 1.54) is 12.0 Å². The van der Waals surface area contributed by atoms with Gasteiger partial charge in [-0.25, -0.2) is 4.79 Å². The predicted molar refractivity (Wildman–Crippen MR) is 117 cm³/mol. The number of esters is 1. The van der Waals surface area contributed by atoms with Gasteiger partial charge in [0.25, 0.3) is 0 Å². The van der Waals surface area contributed by atoms with Crippen molar-refractivity contribution in [3.8, 4) is 18.1 Å². The number of carbonyl (C=O) groups excluding carboxylic acids is 3. The number of carbonyl (C=O) groups is 3. The molecule has 32 heavy (non-hydrogen) atoms. The smallest absolute Gasteiger partial charge is 0.343 e. The van der Waals surface area contributed by atoms with E-state index in [4.69, 9.17) is 16.9 Å². The van der Waals surface area contributed by atoms with Crippen LogP contribution in [0.1, 0.15) is 38.3 Å². The van der Waals surface area contributed by atoms with Gasteiger partial charge in [0.2, 0.25) is 11.8 Å². The van der Waals surface area contributed by atoms with Crippen molar-refractivity contribution in [1.82, 2.24) is 10.2 Å². The van der Waals surface area contributed by atoms with Crippen LogP contribution in [0.4, 0.5) is 0 Å². The minimum Gasteiger partial charge on any atom is -0.482 e. The molecule has 0 saturated carbocycles. The monoisotopic (exact) mass is 445 g/mol. The maximum Gasteiger partial charge on any atom is 0.343 e. The predicted octanol–water partition coefficient (Wildman–Crippen LogP) is 0.171. The molecule has 1 saturated heterocycles. The van der Waals surface area contributed by atoms with Crippen molar-refractivity contribution in [3.05, 3.63) is 29.3 Å². The van der Waals surface area contributed by atoms with E-state index in [0.717, 1.165) is 0 Å². The molecule has 0 unspecified atom stereocenters. The van der Waals surface area contributed by atoms with E-state index < -0.39 is 35.5 Å². The maximum absolute atomic E-state index is 12.9. The normalized spacial score (nSPS) is 19.1. The topological polar surface area (TPSA) is 131 Å². The maximum atomic E-state index is 12.9. The fourth-order valence-electron chi connectivity index (χ4n) is 3.28. The van der Waals surface area contributed by atoms with Crippen LogP contribution in [0.25, 0.3) is 0 Å². The highest BCUT2D eigenvalue weighted by atomic mass is 16.6. The summed E-state index contributed by atoms with van der Waals surface area (Å²) in [5.74, 6) is 1.46. The Morgan fingerprint density at radius 3 is 2.66 bits per heavy atom.